The molecular formula is C20H20ClF2N3O2S. The van der Waals surface area contributed by atoms with E-state index in [1.54, 1.807) is 24.3 Å². The first-order valence-electron chi connectivity index (χ1n) is 9.23. The Morgan fingerprint density at radius 1 is 1.10 bits per heavy atom. The van der Waals surface area contributed by atoms with Gasteiger partial charge in [0.1, 0.15) is 0 Å². The second-order valence-electron chi connectivity index (χ2n) is 6.98. The first-order chi connectivity index (χ1) is 13.9. The Morgan fingerprint density at radius 3 is 2.52 bits per heavy atom. The number of hydrogen-bond donors (Lipinski definition) is 1. The van der Waals surface area contributed by atoms with Crippen molar-refractivity contribution in [1.29, 1.82) is 0 Å². The van der Waals surface area contributed by atoms with Crippen molar-refractivity contribution >= 4 is 32.5 Å². The lowest BCUT2D eigenvalue weighted by Gasteiger charge is -2.27. The average molecular weight is 440 g/mol. The lowest BCUT2D eigenvalue weighted by atomic mass is 10.1. The summed E-state index contributed by atoms with van der Waals surface area (Å²) in [6, 6.07) is 10.8. The molecule has 9 heteroatoms. The molecule has 0 spiro atoms. The van der Waals surface area contributed by atoms with Crippen LogP contribution in [0.25, 0.3) is 10.9 Å². The van der Waals surface area contributed by atoms with Gasteiger partial charge in [0.15, 0.2) is 0 Å². The summed E-state index contributed by atoms with van der Waals surface area (Å²) in [4.78, 5) is 2.12. The summed E-state index contributed by atoms with van der Waals surface area (Å²) in [5.74, 6) is 0. The summed E-state index contributed by atoms with van der Waals surface area (Å²) >= 11 is 5.94. The molecule has 29 heavy (non-hydrogen) atoms. The summed E-state index contributed by atoms with van der Waals surface area (Å²) in [6.45, 7) is 3.77. The maximum absolute atomic E-state index is 13.9. The van der Waals surface area contributed by atoms with Gasteiger partial charge in [0.25, 0.3) is 16.4 Å². The molecule has 154 valence electrons. The van der Waals surface area contributed by atoms with Gasteiger partial charge >= 0.3 is 0 Å². The lowest BCUT2D eigenvalue weighted by Crippen LogP contribution is -2.42. The maximum atomic E-state index is 13.9. The number of alkyl halides is 2. The number of nitrogens with one attached hydrogen (secondary N) is 1. The van der Waals surface area contributed by atoms with Crippen LogP contribution >= 0.6 is 11.6 Å². The van der Waals surface area contributed by atoms with Crippen LogP contribution in [0.5, 0.6) is 0 Å². The van der Waals surface area contributed by atoms with Crippen molar-refractivity contribution in [3.8, 4) is 0 Å². The molecule has 4 rings (SSSR count). The van der Waals surface area contributed by atoms with E-state index in [1.807, 2.05) is 0 Å². The summed E-state index contributed by atoms with van der Waals surface area (Å²) < 4.78 is 55.0. The molecule has 2 aromatic carbocycles. The number of piperazine rings is 1. The molecule has 2 heterocycles. The van der Waals surface area contributed by atoms with Crippen LogP contribution in [0, 0.1) is 0 Å². The molecule has 1 fully saturated rings. The minimum atomic E-state index is -4.08. The largest absolute Gasteiger partial charge is 0.314 e. The van der Waals surface area contributed by atoms with Crippen LogP contribution in [-0.2, 0) is 16.6 Å². The Balaban J connectivity index is 1.87. The molecule has 1 aromatic heterocycles. The molecule has 0 aliphatic carbocycles. The topological polar surface area (TPSA) is 54.3 Å². The number of hydrogen-bond acceptors (Lipinski definition) is 4. The van der Waals surface area contributed by atoms with Gasteiger partial charge in [0.2, 0.25) is 0 Å². The van der Waals surface area contributed by atoms with Crippen LogP contribution in [0.4, 0.5) is 8.78 Å². The number of halogens is 3. The highest BCUT2D eigenvalue weighted by Gasteiger charge is 2.26. The third kappa shape index (κ3) is 3.90. The molecule has 1 saturated heterocycles. The SMILES string of the molecule is O=S(=O)(c1cccc(Cl)c1)n1cc(C(F)F)c2c(CN3CCNCC3)cccc21. The van der Waals surface area contributed by atoms with E-state index in [0.717, 1.165) is 36.3 Å². The highest BCUT2D eigenvalue weighted by molar-refractivity contribution is 7.90. The normalized spacial score (nSPS) is 16.0. The Kier molecular flexibility index (Phi) is 5.61. The summed E-state index contributed by atoms with van der Waals surface area (Å²) in [6.07, 6.45) is -1.76. The van der Waals surface area contributed by atoms with E-state index in [1.165, 1.54) is 18.2 Å². The van der Waals surface area contributed by atoms with E-state index in [2.05, 4.69) is 10.2 Å². The van der Waals surface area contributed by atoms with Crippen LogP contribution in [-0.4, -0.2) is 43.5 Å². The van der Waals surface area contributed by atoms with E-state index in [-0.39, 0.29) is 21.0 Å². The monoisotopic (exact) mass is 439 g/mol. The quantitative estimate of drug-likeness (QED) is 0.655. The van der Waals surface area contributed by atoms with E-state index >= 15 is 0 Å². The van der Waals surface area contributed by atoms with Gasteiger partial charge in [-0.25, -0.2) is 21.2 Å². The molecular weight excluding hydrogens is 420 g/mol. The molecule has 3 aromatic rings. The van der Waals surface area contributed by atoms with Crippen molar-refractivity contribution in [3.05, 3.63) is 64.8 Å². The van der Waals surface area contributed by atoms with Gasteiger partial charge in [-0.3, -0.25) is 4.90 Å². The predicted octanol–water partition coefficient (Wildman–Crippen LogP) is 3.87. The number of fused-ring (bicyclic) bond motifs is 1. The van der Waals surface area contributed by atoms with Crippen LogP contribution < -0.4 is 5.32 Å². The summed E-state index contributed by atoms with van der Waals surface area (Å²) in [5.41, 5.74) is 0.656. The van der Waals surface area contributed by atoms with Crippen molar-refractivity contribution in [3.63, 3.8) is 0 Å². The van der Waals surface area contributed by atoms with E-state index in [9.17, 15) is 17.2 Å². The molecule has 0 bridgehead atoms. The summed E-state index contributed by atoms with van der Waals surface area (Å²) in [7, 11) is -4.08. The van der Waals surface area contributed by atoms with Crippen molar-refractivity contribution in [2.75, 3.05) is 26.2 Å². The van der Waals surface area contributed by atoms with Gasteiger partial charge in [0, 0.05) is 54.9 Å². The molecule has 0 radical (unpaired) electrons. The van der Waals surface area contributed by atoms with E-state index in [0.29, 0.717) is 17.5 Å². The third-order valence-corrected chi connectivity index (χ3v) is 7.01. The van der Waals surface area contributed by atoms with Crippen molar-refractivity contribution < 1.29 is 17.2 Å². The number of rotatable bonds is 5. The smallest absolute Gasteiger partial charge is 0.268 e. The first kappa shape index (κ1) is 20.3. The van der Waals surface area contributed by atoms with E-state index < -0.39 is 16.4 Å². The highest BCUT2D eigenvalue weighted by atomic mass is 35.5. The Labute approximate surface area is 172 Å². The van der Waals surface area contributed by atoms with Crippen LogP contribution in [0.3, 0.4) is 0 Å². The standard InChI is InChI=1S/C20H20ClF2N3O2S/c21-15-4-2-5-16(11-15)29(27,28)26-13-17(20(22)23)19-14(3-1-6-18(19)26)12-25-9-7-24-8-10-25/h1-6,11,13,20,24H,7-10,12H2. The molecule has 0 unspecified atom stereocenters. The highest BCUT2D eigenvalue weighted by Crippen LogP contribution is 2.35. The van der Waals surface area contributed by atoms with Gasteiger partial charge in [-0.2, -0.15) is 0 Å². The molecule has 0 atom stereocenters. The zero-order valence-corrected chi connectivity index (χ0v) is 17.1. The van der Waals surface area contributed by atoms with E-state index in [4.69, 9.17) is 11.6 Å². The van der Waals surface area contributed by atoms with Gasteiger partial charge in [-0.05, 0) is 29.8 Å². The molecule has 0 saturated carbocycles. The Morgan fingerprint density at radius 2 is 1.83 bits per heavy atom. The second kappa shape index (κ2) is 8.02. The Bertz CT molecular complexity index is 1140. The molecule has 5 nitrogen and oxygen atoms in total. The number of nitrogens with zero attached hydrogens (tertiary/aromatic N) is 2. The van der Waals surface area contributed by atoms with Crippen molar-refractivity contribution in [2.45, 2.75) is 17.9 Å². The van der Waals surface area contributed by atoms with Crippen LogP contribution in [0.15, 0.2) is 53.6 Å². The second-order valence-corrected chi connectivity index (χ2v) is 9.23. The number of aromatic nitrogens is 1. The molecule has 1 aliphatic rings. The number of benzene rings is 2. The first-order valence-corrected chi connectivity index (χ1v) is 11.0. The maximum Gasteiger partial charge on any atom is 0.268 e. The average Bonchev–Trinajstić information content (AvgIpc) is 3.11. The van der Waals surface area contributed by atoms with Crippen LogP contribution in [0.2, 0.25) is 5.02 Å². The fraction of sp³-hybridized carbons (Fsp3) is 0.300. The minimum absolute atomic E-state index is 0.0461. The molecule has 1 aliphatic heterocycles. The minimum Gasteiger partial charge on any atom is -0.314 e. The van der Waals surface area contributed by atoms with Crippen molar-refractivity contribution in [2.24, 2.45) is 0 Å². The van der Waals surface area contributed by atoms with Gasteiger partial charge in [-0.15, -0.1) is 0 Å². The predicted molar refractivity (Wildman–Crippen MR) is 109 cm³/mol. The van der Waals surface area contributed by atoms with Gasteiger partial charge in [0.05, 0.1) is 10.4 Å². The van der Waals surface area contributed by atoms with Gasteiger partial charge < -0.3 is 5.32 Å². The zero-order chi connectivity index (χ0) is 20.6. The third-order valence-electron chi connectivity index (χ3n) is 5.10. The Hall–Kier alpha value is -2.00. The molecule has 0 amide bonds. The van der Waals surface area contributed by atoms with Crippen LogP contribution in [0.1, 0.15) is 17.6 Å². The fourth-order valence-electron chi connectivity index (χ4n) is 3.71. The molecule has 1 N–H and O–H groups in total. The lowest BCUT2D eigenvalue weighted by molar-refractivity contribution is 0.153. The fourth-order valence-corrected chi connectivity index (χ4v) is 5.38. The zero-order valence-electron chi connectivity index (χ0n) is 15.5. The van der Waals surface area contributed by atoms with Crippen molar-refractivity contribution in [1.82, 2.24) is 14.2 Å². The summed E-state index contributed by atoms with van der Waals surface area (Å²) in [5, 5.41) is 3.82. The van der Waals surface area contributed by atoms with Gasteiger partial charge in [-0.1, -0.05) is 29.8 Å².